The van der Waals surface area contributed by atoms with Crippen molar-refractivity contribution >= 4 is 17.5 Å². The van der Waals surface area contributed by atoms with E-state index in [1.165, 1.54) is 0 Å². The maximum atomic E-state index is 11.9. The molecule has 0 fully saturated rings. The SMILES string of the molecule is NCc1cccc(CNC(=O)C(=O)Nc2ccc3c(c2)OCO3)c1. The van der Waals surface area contributed by atoms with Crippen LogP contribution in [0.2, 0.25) is 0 Å². The van der Waals surface area contributed by atoms with Gasteiger partial charge in [-0.3, -0.25) is 9.59 Å². The summed E-state index contributed by atoms with van der Waals surface area (Å²) in [5.41, 5.74) is 7.88. The zero-order chi connectivity index (χ0) is 16.9. The fourth-order valence-electron chi connectivity index (χ4n) is 2.29. The van der Waals surface area contributed by atoms with Crippen LogP contribution in [0.25, 0.3) is 0 Å². The first kappa shape index (κ1) is 15.8. The average Bonchev–Trinajstić information content (AvgIpc) is 3.07. The van der Waals surface area contributed by atoms with Crippen LogP contribution in [0, 0.1) is 0 Å². The number of amides is 2. The summed E-state index contributed by atoms with van der Waals surface area (Å²) in [7, 11) is 0. The van der Waals surface area contributed by atoms with E-state index in [-0.39, 0.29) is 13.3 Å². The highest BCUT2D eigenvalue weighted by Crippen LogP contribution is 2.34. The lowest BCUT2D eigenvalue weighted by Gasteiger charge is -2.08. The molecule has 24 heavy (non-hydrogen) atoms. The van der Waals surface area contributed by atoms with Crippen molar-refractivity contribution in [1.29, 1.82) is 0 Å². The van der Waals surface area contributed by atoms with Crippen molar-refractivity contribution in [2.24, 2.45) is 5.73 Å². The van der Waals surface area contributed by atoms with Crippen molar-refractivity contribution in [3.05, 3.63) is 53.6 Å². The molecule has 2 aromatic rings. The molecule has 2 amide bonds. The number of carbonyl (C=O) groups excluding carboxylic acids is 2. The first-order chi connectivity index (χ1) is 11.7. The molecular weight excluding hydrogens is 310 g/mol. The summed E-state index contributed by atoms with van der Waals surface area (Å²) in [5.74, 6) is -0.321. The molecule has 7 heteroatoms. The lowest BCUT2D eigenvalue weighted by molar-refractivity contribution is -0.136. The van der Waals surface area contributed by atoms with Crippen LogP contribution in [-0.4, -0.2) is 18.6 Å². The maximum absolute atomic E-state index is 11.9. The molecule has 1 aliphatic heterocycles. The molecule has 4 N–H and O–H groups in total. The average molecular weight is 327 g/mol. The standard InChI is InChI=1S/C17H17N3O4/c18-8-11-2-1-3-12(6-11)9-19-16(21)17(22)20-13-4-5-14-15(7-13)24-10-23-14/h1-7H,8-10,18H2,(H,19,21)(H,20,22). The summed E-state index contributed by atoms with van der Waals surface area (Å²) in [5, 5.41) is 5.10. The smallest absolute Gasteiger partial charge is 0.313 e. The Morgan fingerprint density at radius 3 is 2.62 bits per heavy atom. The first-order valence-electron chi connectivity index (χ1n) is 7.42. The fraction of sp³-hybridized carbons (Fsp3) is 0.176. The van der Waals surface area contributed by atoms with Gasteiger partial charge in [-0.1, -0.05) is 24.3 Å². The van der Waals surface area contributed by atoms with Gasteiger partial charge in [0.05, 0.1) is 0 Å². The van der Waals surface area contributed by atoms with Gasteiger partial charge in [-0.25, -0.2) is 0 Å². The normalized spacial score (nSPS) is 11.9. The first-order valence-corrected chi connectivity index (χ1v) is 7.42. The molecule has 0 spiro atoms. The molecule has 0 aromatic heterocycles. The topological polar surface area (TPSA) is 103 Å². The fourth-order valence-corrected chi connectivity index (χ4v) is 2.29. The monoisotopic (exact) mass is 327 g/mol. The lowest BCUT2D eigenvalue weighted by atomic mass is 10.1. The quantitative estimate of drug-likeness (QED) is 0.731. The van der Waals surface area contributed by atoms with Crippen molar-refractivity contribution in [1.82, 2.24) is 5.32 Å². The van der Waals surface area contributed by atoms with E-state index < -0.39 is 11.8 Å². The molecule has 7 nitrogen and oxygen atoms in total. The van der Waals surface area contributed by atoms with E-state index in [2.05, 4.69) is 10.6 Å². The van der Waals surface area contributed by atoms with Gasteiger partial charge in [0.2, 0.25) is 6.79 Å². The molecule has 0 radical (unpaired) electrons. The highest BCUT2D eigenvalue weighted by molar-refractivity contribution is 6.39. The Kier molecular flexibility index (Phi) is 4.62. The van der Waals surface area contributed by atoms with Gasteiger partial charge in [0.15, 0.2) is 11.5 Å². The van der Waals surface area contributed by atoms with Crippen LogP contribution in [0.15, 0.2) is 42.5 Å². The Balaban J connectivity index is 1.55. The molecule has 124 valence electrons. The van der Waals surface area contributed by atoms with E-state index in [1.807, 2.05) is 24.3 Å². The second-order valence-electron chi connectivity index (χ2n) is 5.23. The zero-order valence-electron chi connectivity index (χ0n) is 12.9. The van der Waals surface area contributed by atoms with Crippen molar-refractivity contribution < 1.29 is 19.1 Å². The summed E-state index contributed by atoms with van der Waals surface area (Å²) in [6, 6.07) is 12.4. The van der Waals surface area contributed by atoms with Crippen LogP contribution < -0.4 is 25.8 Å². The molecule has 0 saturated heterocycles. The van der Waals surface area contributed by atoms with Crippen LogP contribution in [-0.2, 0) is 22.7 Å². The summed E-state index contributed by atoms with van der Waals surface area (Å²) in [6.45, 7) is 0.822. The van der Waals surface area contributed by atoms with Crippen molar-refractivity contribution in [2.75, 3.05) is 12.1 Å². The number of nitrogens with two attached hydrogens (primary N) is 1. The van der Waals surface area contributed by atoms with E-state index in [0.717, 1.165) is 11.1 Å². The van der Waals surface area contributed by atoms with E-state index in [4.69, 9.17) is 15.2 Å². The minimum atomic E-state index is -0.746. The minimum absolute atomic E-state index is 0.148. The third-order valence-corrected chi connectivity index (χ3v) is 3.52. The Morgan fingerprint density at radius 2 is 1.79 bits per heavy atom. The molecule has 0 atom stereocenters. The van der Waals surface area contributed by atoms with E-state index in [1.54, 1.807) is 18.2 Å². The van der Waals surface area contributed by atoms with Crippen LogP contribution in [0.4, 0.5) is 5.69 Å². The number of fused-ring (bicyclic) bond motifs is 1. The van der Waals surface area contributed by atoms with Crippen molar-refractivity contribution in [3.8, 4) is 11.5 Å². The summed E-state index contributed by atoms with van der Waals surface area (Å²) in [4.78, 5) is 23.8. The Hall–Kier alpha value is -3.06. The van der Waals surface area contributed by atoms with Crippen LogP contribution in [0.3, 0.4) is 0 Å². The number of rotatable bonds is 4. The number of carbonyl (C=O) groups is 2. The molecule has 0 aliphatic carbocycles. The third-order valence-electron chi connectivity index (χ3n) is 3.52. The van der Waals surface area contributed by atoms with E-state index in [0.29, 0.717) is 23.7 Å². The van der Waals surface area contributed by atoms with Gasteiger partial charge in [-0.15, -0.1) is 0 Å². The van der Waals surface area contributed by atoms with Crippen LogP contribution in [0.1, 0.15) is 11.1 Å². The third kappa shape index (κ3) is 3.64. The molecule has 1 aliphatic rings. The van der Waals surface area contributed by atoms with E-state index >= 15 is 0 Å². The Labute approximate surface area is 138 Å². The molecule has 0 saturated carbocycles. The second kappa shape index (κ2) is 7.01. The van der Waals surface area contributed by atoms with Crippen molar-refractivity contribution in [3.63, 3.8) is 0 Å². The van der Waals surface area contributed by atoms with E-state index in [9.17, 15) is 9.59 Å². The summed E-state index contributed by atoms with van der Waals surface area (Å²) in [6.07, 6.45) is 0. The molecule has 0 unspecified atom stereocenters. The highest BCUT2D eigenvalue weighted by Gasteiger charge is 2.17. The number of anilines is 1. The zero-order valence-corrected chi connectivity index (χ0v) is 12.9. The molecule has 1 heterocycles. The number of hydrogen-bond donors (Lipinski definition) is 3. The molecular formula is C17H17N3O4. The summed E-state index contributed by atoms with van der Waals surface area (Å²) >= 11 is 0. The largest absolute Gasteiger partial charge is 0.454 e. The predicted octanol–water partition coefficient (Wildman–Crippen LogP) is 1.13. The Bertz CT molecular complexity index is 776. The van der Waals surface area contributed by atoms with Gasteiger partial charge in [0, 0.05) is 24.8 Å². The van der Waals surface area contributed by atoms with Gasteiger partial charge < -0.3 is 25.8 Å². The number of hydrogen-bond acceptors (Lipinski definition) is 5. The number of ether oxygens (including phenoxy) is 2. The van der Waals surface area contributed by atoms with Gasteiger partial charge in [0.25, 0.3) is 0 Å². The second-order valence-corrected chi connectivity index (χ2v) is 5.23. The van der Waals surface area contributed by atoms with Gasteiger partial charge in [-0.2, -0.15) is 0 Å². The van der Waals surface area contributed by atoms with Crippen molar-refractivity contribution in [2.45, 2.75) is 13.1 Å². The Morgan fingerprint density at radius 1 is 1.00 bits per heavy atom. The molecule has 2 aromatic carbocycles. The predicted molar refractivity (Wildman–Crippen MR) is 87.4 cm³/mol. The van der Waals surface area contributed by atoms with Crippen LogP contribution in [0.5, 0.6) is 11.5 Å². The number of nitrogens with one attached hydrogen (secondary N) is 2. The van der Waals surface area contributed by atoms with Gasteiger partial charge in [-0.05, 0) is 23.3 Å². The minimum Gasteiger partial charge on any atom is -0.454 e. The van der Waals surface area contributed by atoms with Gasteiger partial charge in [0.1, 0.15) is 0 Å². The maximum Gasteiger partial charge on any atom is 0.313 e. The molecule has 0 bridgehead atoms. The highest BCUT2D eigenvalue weighted by atomic mass is 16.7. The molecule has 3 rings (SSSR count). The van der Waals surface area contributed by atoms with Crippen LogP contribution >= 0.6 is 0 Å². The lowest BCUT2D eigenvalue weighted by Crippen LogP contribution is -2.34. The number of benzene rings is 2. The summed E-state index contributed by atoms with van der Waals surface area (Å²) < 4.78 is 10.4. The van der Waals surface area contributed by atoms with Gasteiger partial charge >= 0.3 is 11.8 Å².